The van der Waals surface area contributed by atoms with Crippen LogP contribution in [0, 0.1) is 0 Å². The predicted octanol–water partition coefficient (Wildman–Crippen LogP) is 3.95. The summed E-state index contributed by atoms with van der Waals surface area (Å²) in [7, 11) is 1.33. The number of carbonyl (C=O) groups is 2. The summed E-state index contributed by atoms with van der Waals surface area (Å²) in [6.45, 7) is 4.56. The fourth-order valence-electron chi connectivity index (χ4n) is 2.08. The number of amides is 1. The molecule has 0 heterocycles. The minimum atomic E-state index is -0.724. The molecule has 0 N–H and O–H groups in total. The van der Waals surface area contributed by atoms with E-state index < -0.39 is 6.10 Å². The van der Waals surface area contributed by atoms with Crippen LogP contribution in [0.1, 0.15) is 33.1 Å². The smallest absolute Gasteiger partial charge is 0.307 e. The summed E-state index contributed by atoms with van der Waals surface area (Å²) in [6, 6.07) is 4.83. The second kappa shape index (κ2) is 10.4. The maximum atomic E-state index is 12.6. The highest BCUT2D eigenvalue weighted by atomic mass is 35.5. The number of rotatable bonds is 9. The second-order valence-corrected chi connectivity index (χ2v) is 6.18. The maximum absolute atomic E-state index is 12.6. The number of hydrogen-bond donors (Lipinski definition) is 0. The summed E-state index contributed by atoms with van der Waals surface area (Å²) in [5.74, 6) is -0.151. The van der Waals surface area contributed by atoms with Gasteiger partial charge in [0.1, 0.15) is 5.75 Å². The summed E-state index contributed by atoms with van der Waals surface area (Å²) < 4.78 is 10.3. The Bertz CT molecular complexity index is 566. The van der Waals surface area contributed by atoms with Crippen LogP contribution in [0.4, 0.5) is 0 Å². The van der Waals surface area contributed by atoms with Gasteiger partial charge in [0.05, 0.1) is 18.6 Å². The van der Waals surface area contributed by atoms with E-state index in [-0.39, 0.29) is 18.3 Å². The first-order valence-corrected chi connectivity index (χ1v) is 8.62. The molecule has 1 unspecified atom stereocenters. The predicted molar refractivity (Wildman–Crippen MR) is 94.7 cm³/mol. The number of benzene rings is 1. The summed E-state index contributed by atoms with van der Waals surface area (Å²) in [6.07, 6.45) is 1.22. The van der Waals surface area contributed by atoms with E-state index in [0.717, 1.165) is 12.8 Å². The van der Waals surface area contributed by atoms with Gasteiger partial charge in [-0.05, 0) is 31.5 Å². The molecule has 0 spiro atoms. The molecule has 0 radical (unpaired) electrons. The molecule has 1 rings (SSSR count). The van der Waals surface area contributed by atoms with E-state index in [2.05, 4.69) is 4.74 Å². The molecular formula is C17H23Cl2NO4. The van der Waals surface area contributed by atoms with Crippen LogP contribution in [0.5, 0.6) is 5.75 Å². The fourth-order valence-corrected chi connectivity index (χ4v) is 2.53. The summed E-state index contributed by atoms with van der Waals surface area (Å²) in [5, 5.41) is 0.839. The molecule has 1 aromatic rings. The maximum Gasteiger partial charge on any atom is 0.307 e. The van der Waals surface area contributed by atoms with Gasteiger partial charge >= 0.3 is 5.97 Å². The standard InChI is InChI=1S/C17H23Cl2NO4/c1-4-5-9-20(10-8-16(21)23-3)17(22)12(2)24-15-7-6-13(18)11-14(15)19/h6-7,11-12H,4-5,8-10H2,1-3H3. The topological polar surface area (TPSA) is 55.8 Å². The third-order valence-electron chi connectivity index (χ3n) is 3.45. The first-order chi connectivity index (χ1) is 11.4. The molecule has 1 atom stereocenters. The van der Waals surface area contributed by atoms with Crippen LogP contribution in [-0.4, -0.2) is 43.1 Å². The van der Waals surface area contributed by atoms with E-state index >= 15 is 0 Å². The van der Waals surface area contributed by atoms with Crippen molar-refractivity contribution < 1.29 is 19.1 Å². The largest absolute Gasteiger partial charge is 0.479 e. The lowest BCUT2D eigenvalue weighted by molar-refractivity contribution is -0.143. The van der Waals surface area contributed by atoms with Crippen LogP contribution < -0.4 is 4.74 Å². The molecule has 24 heavy (non-hydrogen) atoms. The van der Waals surface area contributed by atoms with Gasteiger partial charge in [-0.1, -0.05) is 36.5 Å². The highest BCUT2D eigenvalue weighted by molar-refractivity contribution is 6.35. The average Bonchev–Trinajstić information content (AvgIpc) is 2.56. The summed E-state index contributed by atoms with van der Waals surface area (Å²) >= 11 is 11.9. The van der Waals surface area contributed by atoms with Crippen molar-refractivity contribution in [2.24, 2.45) is 0 Å². The van der Waals surface area contributed by atoms with Crippen molar-refractivity contribution >= 4 is 35.1 Å². The Labute approximate surface area is 152 Å². The lowest BCUT2D eigenvalue weighted by Gasteiger charge is -2.26. The highest BCUT2D eigenvalue weighted by Crippen LogP contribution is 2.28. The van der Waals surface area contributed by atoms with Gasteiger partial charge in [-0.2, -0.15) is 0 Å². The molecule has 1 aromatic carbocycles. The average molecular weight is 376 g/mol. The number of halogens is 2. The second-order valence-electron chi connectivity index (χ2n) is 5.34. The Morgan fingerprint density at radius 1 is 1.25 bits per heavy atom. The van der Waals surface area contributed by atoms with Crippen LogP contribution in [-0.2, 0) is 14.3 Å². The molecule has 0 aliphatic carbocycles. The molecule has 0 aliphatic heterocycles. The third-order valence-corrected chi connectivity index (χ3v) is 3.98. The summed E-state index contributed by atoms with van der Waals surface area (Å²) in [4.78, 5) is 25.6. The quantitative estimate of drug-likeness (QED) is 0.613. The zero-order valence-electron chi connectivity index (χ0n) is 14.2. The SMILES string of the molecule is CCCCN(CCC(=O)OC)C(=O)C(C)Oc1ccc(Cl)cc1Cl. The van der Waals surface area contributed by atoms with Crippen molar-refractivity contribution in [2.75, 3.05) is 20.2 Å². The molecule has 0 bridgehead atoms. The van der Waals surface area contributed by atoms with Gasteiger partial charge in [0.25, 0.3) is 5.91 Å². The van der Waals surface area contributed by atoms with Gasteiger partial charge in [0, 0.05) is 18.1 Å². The number of nitrogens with zero attached hydrogens (tertiary/aromatic N) is 1. The van der Waals surface area contributed by atoms with Crippen LogP contribution in [0.15, 0.2) is 18.2 Å². The molecule has 7 heteroatoms. The molecule has 134 valence electrons. The van der Waals surface area contributed by atoms with Gasteiger partial charge < -0.3 is 14.4 Å². The number of ether oxygens (including phenoxy) is 2. The molecule has 5 nitrogen and oxygen atoms in total. The van der Waals surface area contributed by atoms with E-state index in [1.807, 2.05) is 6.92 Å². The van der Waals surface area contributed by atoms with Gasteiger partial charge in [0.2, 0.25) is 0 Å². The zero-order chi connectivity index (χ0) is 18.1. The Balaban J connectivity index is 2.73. The van der Waals surface area contributed by atoms with Gasteiger partial charge in [0.15, 0.2) is 6.10 Å². The minimum absolute atomic E-state index is 0.153. The molecular weight excluding hydrogens is 353 g/mol. The van der Waals surface area contributed by atoms with Crippen LogP contribution in [0.25, 0.3) is 0 Å². The Morgan fingerprint density at radius 3 is 2.54 bits per heavy atom. The number of methoxy groups -OCH3 is 1. The fraction of sp³-hybridized carbons (Fsp3) is 0.529. The third kappa shape index (κ3) is 6.57. The molecule has 0 aliphatic rings. The molecule has 0 saturated carbocycles. The zero-order valence-corrected chi connectivity index (χ0v) is 15.7. The van der Waals surface area contributed by atoms with Crippen LogP contribution in [0.2, 0.25) is 10.0 Å². The van der Waals surface area contributed by atoms with Crippen LogP contribution in [0.3, 0.4) is 0 Å². The van der Waals surface area contributed by atoms with E-state index in [4.69, 9.17) is 27.9 Å². The van der Waals surface area contributed by atoms with E-state index in [9.17, 15) is 9.59 Å². The molecule has 0 saturated heterocycles. The van der Waals surface area contributed by atoms with Crippen molar-refractivity contribution in [3.05, 3.63) is 28.2 Å². The molecule has 0 fully saturated rings. The van der Waals surface area contributed by atoms with Gasteiger partial charge in [-0.25, -0.2) is 0 Å². The Kier molecular flexibility index (Phi) is 8.93. The number of unbranched alkanes of at least 4 members (excludes halogenated alkanes) is 1. The minimum Gasteiger partial charge on any atom is -0.479 e. The highest BCUT2D eigenvalue weighted by Gasteiger charge is 2.23. The molecule has 1 amide bonds. The Morgan fingerprint density at radius 2 is 1.96 bits per heavy atom. The van der Waals surface area contributed by atoms with Crippen molar-refractivity contribution in [3.63, 3.8) is 0 Å². The number of hydrogen-bond acceptors (Lipinski definition) is 4. The lowest BCUT2D eigenvalue weighted by atomic mass is 10.2. The lowest BCUT2D eigenvalue weighted by Crippen LogP contribution is -2.42. The van der Waals surface area contributed by atoms with Crippen LogP contribution >= 0.6 is 23.2 Å². The normalized spacial score (nSPS) is 11.7. The van der Waals surface area contributed by atoms with Crippen molar-refractivity contribution in [3.8, 4) is 5.75 Å². The first-order valence-electron chi connectivity index (χ1n) is 7.86. The van der Waals surface area contributed by atoms with Crippen molar-refractivity contribution in [1.29, 1.82) is 0 Å². The van der Waals surface area contributed by atoms with E-state index in [0.29, 0.717) is 28.9 Å². The monoisotopic (exact) mass is 375 g/mol. The van der Waals surface area contributed by atoms with E-state index in [1.54, 1.807) is 30.0 Å². The van der Waals surface area contributed by atoms with Gasteiger partial charge in [-0.3, -0.25) is 9.59 Å². The number of carbonyl (C=O) groups excluding carboxylic acids is 2. The molecule has 0 aromatic heterocycles. The number of esters is 1. The van der Waals surface area contributed by atoms with Crippen molar-refractivity contribution in [2.45, 2.75) is 39.2 Å². The van der Waals surface area contributed by atoms with Crippen molar-refractivity contribution in [1.82, 2.24) is 4.90 Å². The van der Waals surface area contributed by atoms with E-state index in [1.165, 1.54) is 7.11 Å². The first kappa shape index (κ1) is 20.6. The summed E-state index contributed by atoms with van der Waals surface area (Å²) in [5.41, 5.74) is 0. The van der Waals surface area contributed by atoms with Gasteiger partial charge in [-0.15, -0.1) is 0 Å². The Hall–Kier alpha value is -1.46.